The van der Waals surface area contributed by atoms with E-state index in [2.05, 4.69) is 44.4 Å². The summed E-state index contributed by atoms with van der Waals surface area (Å²) in [4.78, 5) is 11.1. The lowest BCUT2D eigenvalue weighted by atomic mass is 9.85. The van der Waals surface area contributed by atoms with Gasteiger partial charge in [0.1, 0.15) is 0 Å². The van der Waals surface area contributed by atoms with Gasteiger partial charge >= 0.3 is 0 Å². The minimum absolute atomic E-state index is 0.0965. The molecular weight excluding hydrogens is 362 g/mol. The average molecular weight is 410 g/mol. The van der Waals surface area contributed by atoms with Gasteiger partial charge in [-0.1, -0.05) is 12.8 Å². The molecule has 170 valence electrons. The van der Waals surface area contributed by atoms with Gasteiger partial charge in [-0.2, -0.15) is 5.06 Å². The number of ether oxygens (including phenoxy) is 1. The van der Waals surface area contributed by atoms with E-state index >= 15 is 0 Å². The number of hydroxylamine groups is 2. The fourth-order valence-electron chi connectivity index (χ4n) is 5.04. The van der Waals surface area contributed by atoms with Crippen LogP contribution in [0.5, 0.6) is 0 Å². The van der Waals surface area contributed by atoms with Gasteiger partial charge < -0.3 is 14.5 Å². The first-order valence-corrected chi connectivity index (χ1v) is 12.3. The second-order valence-electron chi connectivity index (χ2n) is 11.0. The van der Waals surface area contributed by atoms with Crippen molar-refractivity contribution in [1.82, 2.24) is 14.9 Å². The van der Waals surface area contributed by atoms with Crippen molar-refractivity contribution in [2.24, 2.45) is 11.8 Å². The van der Waals surface area contributed by atoms with Crippen molar-refractivity contribution >= 4 is 0 Å². The van der Waals surface area contributed by atoms with E-state index in [1.54, 1.807) is 0 Å². The van der Waals surface area contributed by atoms with Gasteiger partial charge in [-0.3, -0.25) is 4.84 Å². The number of nitrogens with zero attached hydrogens (tertiary/aromatic N) is 3. The summed E-state index contributed by atoms with van der Waals surface area (Å²) < 4.78 is 6.04. The second-order valence-corrected chi connectivity index (χ2v) is 11.0. The molecule has 5 nitrogen and oxygen atoms in total. The minimum atomic E-state index is -0.0965. The van der Waals surface area contributed by atoms with Gasteiger partial charge in [0.05, 0.1) is 31.4 Å². The Kier molecular flexibility index (Phi) is 8.82. The number of piperidine rings is 2. The Morgan fingerprint density at radius 1 is 0.862 bits per heavy atom. The molecule has 0 aromatic heterocycles. The van der Waals surface area contributed by atoms with E-state index < -0.39 is 0 Å². The van der Waals surface area contributed by atoms with Crippen LogP contribution in [0.1, 0.15) is 73.1 Å². The maximum absolute atomic E-state index is 6.04. The van der Waals surface area contributed by atoms with E-state index in [1.165, 1.54) is 64.7 Å². The summed E-state index contributed by atoms with van der Waals surface area (Å²) in [5, 5.41) is 2.03. The van der Waals surface area contributed by atoms with Crippen molar-refractivity contribution in [1.29, 1.82) is 0 Å². The highest BCUT2D eigenvalue weighted by atomic mass is 16.7. The fraction of sp³-hybridized carbons (Fsp3) is 1.00. The third-order valence-corrected chi connectivity index (χ3v) is 7.05. The molecule has 0 radical (unpaired) electrons. The van der Waals surface area contributed by atoms with E-state index in [-0.39, 0.29) is 5.60 Å². The van der Waals surface area contributed by atoms with Gasteiger partial charge in [0.15, 0.2) is 0 Å². The molecule has 0 spiro atoms. The summed E-state index contributed by atoms with van der Waals surface area (Å²) in [6, 6.07) is 0.726. The Morgan fingerprint density at radius 3 is 1.93 bits per heavy atom. The maximum atomic E-state index is 6.04. The van der Waals surface area contributed by atoms with Crippen LogP contribution in [0.2, 0.25) is 0 Å². The Labute approximate surface area is 180 Å². The molecule has 0 aromatic carbocycles. The maximum Gasteiger partial charge on any atom is 0.0875 e. The van der Waals surface area contributed by atoms with Crippen molar-refractivity contribution in [2.75, 3.05) is 52.4 Å². The van der Waals surface area contributed by atoms with Crippen molar-refractivity contribution in [3.05, 3.63) is 0 Å². The molecule has 3 fully saturated rings. The molecule has 0 bridgehead atoms. The van der Waals surface area contributed by atoms with Crippen LogP contribution in [-0.2, 0) is 9.57 Å². The molecule has 5 heteroatoms. The normalized spacial score (nSPS) is 25.0. The Morgan fingerprint density at radius 2 is 1.41 bits per heavy atom. The summed E-state index contributed by atoms with van der Waals surface area (Å²) in [6.07, 6.45) is 8.92. The first kappa shape index (κ1) is 23.5. The zero-order valence-electron chi connectivity index (χ0n) is 19.9. The highest BCUT2D eigenvalue weighted by Crippen LogP contribution is 2.29. The third-order valence-electron chi connectivity index (χ3n) is 7.05. The lowest BCUT2D eigenvalue weighted by molar-refractivity contribution is -0.291. The fourth-order valence-corrected chi connectivity index (χ4v) is 5.04. The number of hydrogen-bond donors (Lipinski definition) is 0. The predicted octanol–water partition coefficient (Wildman–Crippen LogP) is 4.03. The van der Waals surface area contributed by atoms with Crippen LogP contribution in [0.15, 0.2) is 0 Å². The quantitative estimate of drug-likeness (QED) is 0.573. The summed E-state index contributed by atoms with van der Waals surface area (Å²) in [5.74, 6) is 1.95. The van der Waals surface area contributed by atoms with Crippen molar-refractivity contribution in [3.8, 4) is 0 Å². The number of likely N-dealkylation sites (tertiary alicyclic amines) is 2. The molecule has 0 saturated carbocycles. The molecule has 3 rings (SSSR count). The van der Waals surface area contributed by atoms with E-state index in [0.717, 1.165) is 44.1 Å². The zero-order chi connectivity index (χ0) is 20.9. The SMILES string of the molecule is CC(C)N1CCC(CCC2CCN(CCOC3CN(OC(C)(C)C)C3)CC2)CC1. The molecule has 3 heterocycles. The van der Waals surface area contributed by atoms with Gasteiger partial charge in [-0.25, -0.2) is 0 Å². The van der Waals surface area contributed by atoms with Gasteiger partial charge in [0.2, 0.25) is 0 Å². The number of rotatable bonds is 9. The van der Waals surface area contributed by atoms with Crippen LogP contribution < -0.4 is 0 Å². The minimum Gasteiger partial charge on any atom is -0.374 e. The smallest absolute Gasteiger partial charge is 0.0875 e. The molecular formula is C24H47N3O2. The van der Waals surface area contributed by atoms with Crippen LogP contribution >= 0.6 is 0 Å². The molecule has 3 aliphatic rings. The van der Waals surface area contributed by atoms with Gasteiger partial charge in [-0.05, 0) is 98.3 Å². The van der Waals surface area contributed by atoms with E-state index in [1.807, 2.05) is 5.06 Å². The van der Waals surface area contributed by atoms with Gasteiger partial charge in [0.25, 0.3) is 0 Å². The summed E-state index contributed by atoms with van der Waals surface area (Å²) in [6.45, 7) is 19.9. The van der Waals surface area contributed by atoms with Gasteiger partial charge in [-0.15, -0.1) is 0 Å². The lowest BCUT2D eigenvalue weighted by Crippen LogP contribution is -2.54. The first-order chi connectivity index (χ1) is 13.8. The molecule has 0 aliphatic carbocycles. The van der Waals surface area contributed by atoms with Crippen LogP contribution in [0.25, 0.3) is 0 Å². The molecule has 3 saturated heterocycles. The topological polar surface area (TPSA) is 28.2 Å². The Bertz CT molecular complexity index is 457. The summed E-state index contributed by atoms with van der Waals surface area (Å²) in [7, 11) is 0. The van der Waals surface area contributed by atoms with Crippen molar-refractivity contribution in [2.45, 2.75) is 90.9 Å². The third kappa shape index (κ3) is 8.10. The van der Waals surface area contributed by atoms with Crippen LogP contribution in [0.4, 0.5) is 0 Å². The molecule has 0 atom stereocenters. The van der Waals surface area contributed by atoms with Gasteiger partial charge in [0, 0.05) is 12.6 Å². The highest BCUT2D eigenvalue weighted by molar-refractivity contribution is 4.79. The summed E-state index contributed by atoms with van der Waals surface area (Å²) in [5.41, 5.74) is -0.0965. The van der Waals surface area contributed by atoms with E-state index in [0.29, 0.717) is 6.10 Å². The monoisotopic (exact) mass is 409 g/mol. The average Bonchev–Trinajstić information content (AvgIpc) is 2.64. The zero-order valence-corrected chi connectivity index (χ0v) is 19.9. The molecule has 0 unspecified atom stereocenters. The Balaban J connectivity index is 1.18. The predicted molar refractivity (Wildman–Crippen MR) is 120 cm³/mol. The summed E-state index contributed by atoms with van der Waals surface area (Å²) >= 11 is 0. The second kappa shape index (κ2) is 10.9. The molecule has 0 amide bonds. The first-order valence-electron chi connectivity index (χ1n) is 12.3. The largest absolute Gasteiger partial charge is 0.374 e. The van der Waals surface area contributed by atoms with E-state index in [4.69, 9.17) is 9.57 Å². The van der Waals surface area contributed by atoms with Crippen molar-refractivity contribution < 1.29 is 9.57 Å². The van der Waals surface area contributed by atoms with Crippen LogP contribution in [0, 0.1) is 11.8 Å². The van der Waals surface area contributed by atoms with E-state index in [9.17, 15) is 0 Å². The number of hydrogen-bond acceptors (Lipinski definition) is 5. The lowest BCUT2D eigenvalue weighted by Gasteiger charge is -2.41. The van der Waals surface area contributed by atoms with Crippen LogP contribution in [0.3, 0.4) is 0 Å². The molecule has 29 heavy (non-hydrogen) atoms. The molecule has 0 N–H and O–H groups in total. The van der Waals surface area contributed by atoms with Crippen LogP contribution in [-0.4, -0.2) is 85.0 Å². The Hall–Kier alpha value is -0.200. The molecule has 0 aromatic rings. The highest BCUT2D eigenvalue weighted by Gasteiger charge is 2.31. The van der Waals surface area contributed by atoms with Crippen molar-refractivity contribution in [3.63, 3.8) is 0 Å². The standard InChI is InChI=1S/C24H47N3O2/c1-20(2)26-14-10-22(11-15-26)7-6-21-8-12-25(13-9-21)16-17-28-23-18-27(19-23)29-24(3,4)5/h20-23H,6-19H2,1-5H3. The molecule has 3 aliphatic heterocycles.